The Labute approximate surface area is 119 Å². The van der Waals surface area contributed by atoms with Gasteiger partial charge < -0.3 is 10.6 Å². The number of amides is 1. The van der Waals surface area contributed by atoms with Crippen LogP contribution in [0.1, 0.15) is 25.8 Å². The predicted octanol–water partition coefficient (Wildman–Crippen LogP) is 2.39. The molecule has 1 heterocycles. The molecular formula is C15H21ClN2O. The first-order valence-corrected chi connectivity index (χ1v) is 7.23. The second-order valence-corrected chi connectivity index (χ2v) is 5.81. The number of rotatable bonds is 4. The third kappa shape index (κ3) is 3.71. The summed E-state index contributed by atoms with van der Waals surface area (Å²) in [7, 11) is 0. The number of nitrogens with one attached hydrogen (secondary N) is 2. The maximum atomic E-state index is 12.1. The molecule has 1 aliphatic rings. The highest BCUT2D eigenvalue weighted by Crippen LogP contribution is 2.17. The number of carbonyl (C=O) groups is 1. The zero-order valence-corrected chi connectivity index (χ0v) is 12.2. The SMILES string of the molecule is CC(Cc1ccccc1Cl)NC(=O)C1NCCC1C. The summed E-state index contributed by atoms with van der Waals surface area (Å²) in [6, 6.07) is 7.80. The van der Waals surface area contributed by atoms with Crippen LogP contribution >= 0.6 is 11.6 Å². The lowest BCUT2D eigenvalue weighted by molar-refractivity contribution is -0.124. The van der Waals surface area contributed by atoms with Crippen LogP contribution < -0.4 is 10.6 Å². The largest absolute Gasteiger partial charge is 0.352 e. The molecule has 19 heavy (non-hydrogen) atoms. The zero-order valence-electron chi connectivity index (χ0n) is 11.4. The average molecular weight is 281 g/mol. The van der Waals surface area contributed by atoms with Crippen LogP contribution in [0.25, 0.3) is 0 Å². The van der Waals surface area contributed by atoms with Gasteiger partial charge in [-0.15, -0.1) is 0 Å². The van der Waals surface area contributed by atoms with Crippen LogP contribution in [0.3, 0.4) is 0 Å². The van der Waals surface area contributed by atoms with Gasteiger partial charge >= 0.3 is 0 Å². The van der Waals surface area contributed by atoms with E-state index in [1.54, 1.807) is 0 Å². The fourth-order valence-electron chi connectivity index (χ4n) is 2.56. The molecule has 104 valence electrons. The van der Waals surface area contributed by atoms with E-state index in [2.05, 4.69) is 17.6 Å². The third-order valence-corrected chi connectivity index (χ3v) is 4.06. The molecule has 0 aliphatic carbocycles. The molecule has 3 atom stereocenters. The minimum absolute atomic E-state index is 0.0475. The maximum Gasteiger partial charge on any atom is 0.237 e. The molecule has 1 amide bonds. The topological polar surface area (TPSA) is 41.1 Å². The van der Waals surface area contributed by atoms with Crippen molar-refractivity contribution in [1.82, 2.24) is 10.6 Å². The molecule has 1 aromatic carbocycles. The first-order chi connectivity index (χ1) is 9.08. The van der Waals surface area contributed by atoms with Crippen LogP contribution in [0.2, 0.25) is 5.02 Å². The second-order valence-electron chi connectivity index (χ2n) is 5.40. The molecule has 4 heteroatoms. The van der Waals surface area contributed by atoms with Gasteiger partial charge in [-0.05, 0) is 43.9 Å². The highest BCUT2D eigenvalue weighted by Gasteiger charge is 2.29. The fraction of sp³-hybridized carbons (Fsp3) is 0.533. The number of benzene rings is 1. The number of halogens is 1. The molecule has 1 fully saturated rings. The van der Waals surface area contributed by atoms with Crippen molar-refractivity contribution in [2.45, 2.75) is 38.8 Å². The molecule has 0 saturated carbocycles. The van der Waals surface area contributed by atoms with Crippen LogP contribution in [0.5, 0.6) is 0 Å². The molecule has 0 radical (unpaired) electrons. The maximum absolute atomic E-state index is 12.1. The Morgan fingerprint density at radius 2 is 2.26 bits per heavy atom. The molecule has 0 bridgehead atoms. The smallest absolute Gasteiger partial charge is 0.237 e. The van der Waals surface area contributed by atoms with Gasteiger partial charge in [0.25, 0.3) is 0 Å². The number of carbonyl (C=O) groups excluding carboxylic acids is 1. The summed E-state index contributed by atoms with van der Waals surface area (Å²) >= 11 is 6.13. The van der Waals surface area contributed by atoms with Crippen molar-refractivity contribution in [3.05, 3.63) is 34.9 Å². The number of hydrogen-bond donors (Lipinski definition) is 2. The van der Waals surface area contributed by atoms with Crippen molar-refractivity contribution in [2.75, 3.05) is 6.54 Å². The Balaban J connectivity index is 1.89. The van der Waals surface area contributed by atoms with Gasteiger partial charge in [0.15, 0.2) is 0 Å². The van der Waals surface area contributed by atoms with Crippen LogP contribution in [-0.4, -0.2) is 24.5 Å². The van der Waals surface area contributed by atoms with Crippen molar-refractivity contribution in [1.29, 1.82) is 0 Å². The Morgan fingerprint density at radius 1 is 1.53 bits per heavy atom. The fourth-order valence-corrected chi connectivity index (χ4v) is 2.78. The van der Waals surface area contributed by atoms with E-state index in [0.717, 1.165) is 30.0 Å². The normalized spacial score (nSPS) is 24.2. The molecule has 3 unspecified atom stereocenters. The van der Waals surface area contributed by atoms with E-state index in [1.165, 1.54) is 0 Å². The van der Waals surface area contributed by atoms with E-state index in [1.807, 2.05) is 31.2 Å². The monoisotopic (exact) mass is 280 g/mol. The molecule has 2 rings (SSSR count). The quantitative estimate of drug-likeness (QED) is 0.889. The van der Waals surface area contributed by atoms with E-state index in [0.29, 0.717) is 5.92 Å². The van der Waals surface area contributed by atoms with Gasteiger partial charge in [0, 0.05) is 11.1 Å². The lowest BCUT2D eigenvalue weighted by Gasteiger charge is -2.20. The summed E-state index contributed by atoms with van der Waals surface area (Å²) in [6.45, 7) is 5.06. The standard InChI is InChI=1S/C15H21ClN2O/c1-10-7-8-17-14(10)15(19)18-11(2)9-12-5-3-4-6-13(12)16/h3-6,10-11,14,17H,7-9H2,1-2H3,(H,18,19). The van der Waals surface area contributed by atoms with E-state index >= 15 is 0 Å². The molecule has 1 aliphatic heterocycles. The summed E-state index contributed by atoms with van der Waals surface area (Å²) < 4.78 is 0. The van der Waals surface area contributed by atoms with Gasteiger partial charge in [0.1, 0.15) is 0 Å². The van der Waals surface area contributed by atoms with Gasteiger partial charge in [-0.1, -0.05) is 36.7 Å². The zero-order chi connectivity index (χ0) is 13.8. The lowest BCUT2D eigenvalue weighted by atomic mass is 10.0. The van der Waals surface area contributed by atoms with Crippen LogP contribution in [0, 0.1) is 5.92 Å². The summed E-state index contributed by atoms with van der Waals surface area (Å²) in [5.41, 5.74) is 1.07. The van der Waals surface area contributed by atoms with Gasteiger partial charge in [0.2, 0.25) is 5.91 Å². The van der Waals surface area contributed by atoms with Crippen molar-refractivity contribution in [3.63, 3.8) is 0 Å². The summed E-state index contributed by atoms with van der Waals surface area (Å²) in [5, 5.41) is 7.08. The first kappa shape index (κ1) is 14.4. The average Bonchev–Trinajstić information content (AvgIpc) is 2.78. The van der Waals surface area contributed by atoms with Gasteiger partial charge in [0.05, 0.1) is 6.04 Å². The minimum atomic E-state index is -0.0475. The Hall–Kier alpha value is -1.06. The minimum Gasteiger partial charge on any atom is -0.352 e. The lowest BCUT2D eigenvalue weighted by Crippen LogP contribution is -2.47. The highest BCUT2D eigenvalue weighted by molar-refractivity contribution is 6.31. The van der Waals surface area contributed by atoms with Gasteiger partial charge in [-0.3, -0.25) is 4.79 Å². The molecule has 1 aromatic rings. The van der Waals surface area contributed by atoms with Crippen molar-refractivity contribution >= 4 is 17.5 Å². The van der Waals surface area contributed by atoms with Crippen LogP contribution in [-0.2, 0) is 11.2 Å². The summed E-state index contributed by atoms with van der Waals surface area (Å²) in [4.78, 5) is 12.1. The summed E-state index contributed by atoms with van der Waals surface area (Å²) in [5.74, 6) is 0.511. The Bertz CT molecular complexity index is 450. The Kier molecular flexibility index (Phi) is 4.83. The molecule has 1 saturated heterocycles. The molecule has 0 aromatic heterocycles. The van der Waals surface area contributed by atoms with Gasteiger partial charge in [-0.2, -0.15) is 0 Å². The highest BCUT2D eigenvalue weighted by atomic mass is 35.5. The van der Waals surface area contributed by atoms with Crippen molar-refractivity contribution < 1.29 is 4.79 Å². The van der Waals surface area contributed by atoms with E-state index in [-0.39, 0.29) is 18.0 Å². The van der Waals surface area contributed by atoms with Crippen molar-refractivity contribution in [2.24, 2.45) is 5.92 Å². The summed E-state index contributed by atoms with van der Waals surface area (Å²) in [6.07, 6.45) is 1.82. The third-order valence-electron chi connectivity index (χ3n) is 3.69. The first-order valence-electron chi connectivity index (χ1n) is 6.85. The number of hydrogen-bond acceptors (Lipinski definition) is 2. The predicted molar refractivity (Wildman–Crippen MR) is 78.3 cm³/mol. The van der Waals surface area contributed by atoms with E-state index in [9.17, 15) is 4.79 Å². The van der Waals surface area contributed by atoms with Crippen LogP contribution in [0.15, 0.2) is 24.3 Å². The van der Waals surface area contributed by atoms with Crippen molar-refractivity contribution in [3.8, 4) is 0 Å². The second kappa shape index (κ2) is 6.40. The molecule has 3 nitrogen and oxygen atoms in total. The van der Waals surface area contributed by atoms with E-state index in [4.69, 9.17) is 11.6 Å². The molecule has 2 N–H and O–H groups in total. The van der Waals surface area contributed by atoms with Crippen LogP contribution in [0.4, 0.5) is 0 Å². The van der Waals surface area contributed by atoms with Gasteiger partial charge in [-0.25, -0.2) is 0 Å². The molecule has 0 spiro atoms. The molecular weight excluding hydrogens is 260 g/mol. The van der Waals surface area contributed by atoms with E-state index < -0.39 is 0 Å². The Morgan fingerprint density at radius 3 is 2.89 bits per heavy atom.